The molecule has 8 heteroatoms. The molecule has 0 bridgehead atoms. The van der Waals surface area contributed by atoms with Gasteiger partial charge in [0.1, 0.15) is 5.82 Å². The molecule has 0 aliphatic carbocycles. The molecule has 7 nitrogen and oxygen atoms in total. The van der Waals surface area contributed by atoms with Crippen LogP contribution < -0.4 is 5.14 Å². The van der Waals surface area contributed by atoms with Crippen LogP contribution in [0.4, 0.5) is 0 Å². The second-order valence-corrected chi connectivity index (χ2v) is 9.65. The fraction of sp³-hybridized carbons (Fsp3) is 0.231. The average molecular weight is 478 g/mol. The maximum absolute atomic E-state index is 12.5. The predicted octanol–water partition coefficient (Wildman–Crippen LogP) is 4.53. The normalized spacial score (nSPS) is 11.6. The molecule has 0 amide bonds. The number of aromatic nitrogens is 2. The van der Waals surface area contributed by atoms with Crippen molar-refractivity contribution < 1.29 is 17.9 Å². The zero-order valence-corrected chi connectivity index (χ0v) is 20.0. The smallest absolute Gasteiger partial charge is 0.340 e. The van der Waals surface area contributed by atoms with Crippen molar-refractivity contribution in [3.05, 3.63) is 83.7 Å². The third-order valence-corrected chi connectivity index (χ3v) is 6.73. The fourth-order valence-corrected chi connectivity index (χ4v) is 4.95. The Labute approximate surface area is 199 Å². The van der Waals surface area contributed by atoms with Crippen LogP contribution in [0.1, 0.15) is 41.5 Å². The first kappa shape index (κ1) is 23.7. The number of esters is 1. The molecule has 0 aliphatic heterocycles. The van der Waals surface area contributed by atoms with Crippen LogP contribution in [0.15, 0.2) is 71.6 Å². The second-order valence-electron chi connectivity index (χ2n) is 8.12. The molecule has 0 saturated heterocycles. The molecule has 4 aromatic rings. The number of carbonyl (C=O) groups excluding carboxylic acids is 1. The number of para-hydroxylation sites is 1. The first-order chi connectivity index (χ1) is 16.3. The van der Waals surface area contributed by atoms with Crippen LogP contribution in [-0.2, 0) is 27.7 Å². The number of nitrogens with zero attached hydrogens (tertiary/aromatic N) is 2. The molecule has 3 aromatic carbocycles. The Hall–Kier alpha value is -3.49. The van der Waals surface area contributed by atoms with Gasteiger partial charge in [0.25, 0.3) is 0 Å². The van der Waals surface area contributed by atoms with Crippen LogP contribution in [0.5, 0.6) is 0 Å². The number of unbranched alkanes of at least 4 members (excludes halogenated alkanes) is 1. The SMILES string of the molecule is CCCCc1nc2cccc(C(=O)OC)c2n1Cc1ccc(-c2ccccc2)c(S(N)(=O)=O)c1. The highest BCUT2D eigenvalue weighted by molar-refractivity contribution is 7.89. The van der Waals surface area contributed by atoms with Crippen molar-refractivity contribution in [3.63, 3.8) is 0 Å². The quantitative estimate of drug-likeness (QED) is 0.376. The Morgan fingerprint density at radius 2 is 1.82 bits per heavy atom. The van der Waals surface area contributed by atoms with Gasteiger partial charge in [-0.05, 0) is 35.7 Å². The van der Waals surface area contributed by atoms with Gasteiger partial charge in [-0.3, -0.25) is 0 Å². The Morgan fingerprint density at radius 3 is 2.50 bits per heavy atom. The van der Waals surface area contributed by atoms with Crippen molar-refractivity contribution in [3.8, 4) is 11.1 Å². The molecular weight excluding hydrogens is 450 g/mol. The van der Waals surface area contributed by atoms with Crippen LogP contribution in [0, 0.1) is 0 Å². The third-order valence-electron chi connectivity index (χ3n) is 5.78. The van der Waals surface area contributed by atoms with E-state index in [1.54, 1.807) is 24.3 Å². The lowest BCUT2D eigenvalue weighted by atomic mass is 10.0. The molecule has 4 rings (SSSR count). The van der Waals surface area contributed by atoms with Gasteiger partial charge in [0.15, 0.2) is 0 Å². The number of nitrogens with two attached hydrogens (primary N) is 1. The van der Waals surface area contributed by atoms with E-state index in [1.807, 2.05) is 47.0 Å². The summed E-state index contributed by atoms with van der Waals surface area (Å²) in [4.78, 5) is 17.3. The van der Waals surface area contributed by atoms with Gasteiger partial charge in [-0.25, -0.2) is 23.3 Å². The molecule has 0 unspecified atom stereocenters. The summed E-state index contributed by atoms with van der Waals surface area (Å²) in [6.07, 6.45) is 2.66. The molecule has 34 heavy (non-hydrogen) atoms. The standard InChI is InChI=1S/C26H27N3O4S/c1-3-4-13-24-28-22-12-8-11-21(26(30)33-2)25(22)29(24)17-18-14-15-20(19-9-6-5-7-10-19)23(16-18)34(27,31)32/h5-12,14-16H,3-4,13,17H2,1-2H3,(H2,27,31,32). The number of primary sulfonamides is 1. The fourth-order valence-electron chi connectivity index (χ4n) is 4.14. The summed E-state index contributed by atoms with van der Waals surface area (Å²) < 4.78 is 31.9. The van der Waals surface area contributed by atoms with Crippen LogP contribution >= 0.6 is 0 Å². The minimum atomic E-state index is -3.97. The summed E-state index contributed by atoms with van der Waals surface area (Å²) in [5.41, 5.74) is 3.83. The highest BCUT2D eigenvalue weighted by Crippen LogP contribution is 2.29. The van der Waals surface area contributed by atoms with Crippen LogP contribution in [-0.4, -0.2) is 31.0 Å². The second kappa shape index (κ2) is 9.79. The van der Waals surface area contributed by atoms with Crippen molar-refractivity contribution in [2.75, 3.05) is 7.11 Å². The van der Waals surface area contributed by atoms with E-state index in [0.717, 1.165) is 36.2 Å². The van der Waals surface area contributed by atoms with Gasteiger partial charge in [-0.1, -0.05) is 61.9 Å². The zero-order valence-electron chi connectivity index (χ0n) is 19.2. The zero-order chi connectivity index (χ0) is 24.3. The molecule has 1 aromatic heterocycles. The third kappa shape index (κ3) is 4.73. The van der Waals surface area contributed by atoms with E-state index >= 15 is 0 Å². The van der Waals surface area contributed by atoms with Gasteiger partial charge >= 0.3 is 5.97 Å². The summed E-state index contributed by atoms with van der Waals surface area (Å²) >= 11 is 0. The number of benzene rings is 3. The van der Waals surface area contributed by atoms with Crippen LogP contribution in [0.2, 0.25) is 0 Å². The van der Waals surface area contributed by atoms with Gasteiger partial charge in [-0.2, -0.15) is 0 Å². The molecule has 0 aliphatic rings. The highest BCUT2D eigenvalue weighted by atomic mass is 32.2. The number of aryl methyl sites for hydroxylation is 1. The topological polar surface area (TPSA) is 104 Å². The number of carbonyl (C=O) groups is 1. The van der Waals surface area contributed by atoms with E-state index < -0.39 is 16.0 Å². The van der Waals surface area contributed by atoms with Gasteiger partial charge < -0.3 is 9.30 Å². The number of hydrogen-bond donors (Lipinski definition) is 1. The van der Waals surface area contributed by atoms with Crippen molar-refractivity contribution in [1.82, 2.24) is 9.55 Å². The largest absolute Gasteiger partial charge is 0.465 e. The predicted molar refractivity (Wildman–Crippen MR) is 132 cm³/mol. The summed E-state index contributed by atoms with van der Waals surface area (Å²) in [7, 11) is -2.63. The number of hydrogen-bond acceptors (Lipinski definition) is 5. The molecular formula is C26H27N3O4S. The lowest BCUT2D eigenvalue weighted by Gasteiger charge is -2.14. The molecule has 2 N–H and O–H groups in total. The molecule has 0 saturated carbocycles. The first-order valence-electron chi connectivity index (χ1n) is 11.1. The minimum absolute atomic E-state index is 0.0592. The van der Waals surface area contributed by atoms with Crippen molar-refractivity contribution >= 4 is 27.0 Å². The van der Waals surface area contributed by atoms with Gasteiger partial charge in [0, 0.05) is 18.5 Å². The van der Waals surface area contributed by atoms with Gasteiger partial charge in [-0.15, -0.1) is 0 Å². The lowest BCUT2D eigenvalue weighted by molar-refractivity contribution is 0.0602. The molecule has 176 valence electrons. The maximum atomic E-state index is 12.5. The summed E-state index contributed by atoms with van der Waals surface area (Å²) in [6, 6.07) is 19.9. The van der Waals surface area contributed by atoms with E-state index in [-0.39, 0.29) is 4.90 Å². The number of imidazole rings is 1. The number of sulfonamides is 1. The lowest BCUT2D eigenvalue weighted by Crippen LogP contribution is -2.15. The van der Waals surface area contributed by atoms with E-state index in [0.29, 0.717) is 28.7 Å². The van der Waals surface area contributed by atoms with Crippen LogP contribution in [0.25, 0.3) is 22.2 Å². The molecule has 0 radical (unpaired) electrons. The minimum Gasteiger partial charge on any atom is -0.465 e. The number of fused-ring (bicyclic) bond motifs is 1. The summed E-state index contributed by atoms with van der Waals surface area (Å²) in [6.45, 7) is 2.44. The summed E-state index contributed by atoms with van der Waals surface area (Å²) in [5.74, 6) is 0.385. The van der Waals surface area contributed by atoms with E-state index in [9.17, 15) is 13.2 Å². The molecule has 0 fully saturated rings. The molecule has 0 atom stereocenters. The Kier molecular flexibility index (Phi) is 6.81. The van der Waals surface area contributed by atoms with Crippen molar-refractivity contribution in [2.45, 2.75) is 37.6 Å². The van der Waals surface area contributed by atoms with E-state index in [4.69, 9.17) is 14.9 Å². The van der Waals surface area contributed by atoms with Crippen molar-refractivity contribution in [2.24, 2.45) is 5.14 Å². The monoisotopic (exact) mass is 477 g/mol. The van der Waals surface area contributed by atoms with Gasteiger partial charge in [0.2, 0.25) is 10.0 Å². The van der Waals surface area contributed by atoms with Crippen molar-refractivity contribution in [1.29, 1.82) is 0 Å². The Morgan fingerprint density at radius 1 is 1.06 bits per heavy atom. The molecule has 1 heterocycles. The van der Waals surface area contributed by atoms with Gasteiger partial charge in [0.05, 0.1) is 28.6 Å². The highest BCUT2D eigenvalue weighted by Gasteiger charge is 2.20. The van der Waals surface area contributed by atoms with E-state index in [1.165, 1.54) is 7.11 Å². The average Bonchev–Trinajstić information content (AvgIpc) is 3.19. The molecule has 0 spiro atoms. The maximum Gasteiger partial charge on any atom is 0.340 e. The number of ether oxygens (including phenoxy) is 1. The Balaban J connectivity index is 1.87. The number of rotatable bonds is 8. The van der Waals surface area contributed by atoms with Crippen LogP contribution in [0.3, 0.4) is 0 Å². The van der Waals surface area contributed by atoms with E-state index in [2.05, 4.69) is 6.92 Å². The Bertz CT molecular complexity index is 1440. The summed E-state index contributed by atoms with van der Waals surface area (Å²) in [5, 5.41) is 5.60. The first-order valence-corrected chi connectivity index (χ1v) is 12.7. The number of methoxy groups -OCH3 is 1.